The fourth-order valence-electron chi connectivity index (χ4n) is 3.83. The Morgan fingerprint density at radius 1 is 1.17 bits per heavy atom. The number of nitrogens with zero attached hydrogens (tertiary/aromatic N) is 3. The van der Waals surface area contributed by atoms with Crippen molar-refractivity contribution in [2.75, 3.05) is 11.1 Å². The topological polar surface area (TPSA) is 88.9 Å². The Balaban J connectivity index is 1.55. The average Bonchev–Trinajstić information content (AvgIpc) is 3.11. The first-order valence-electron chi connectivity index (χ1n) is 10.7. The van der Waals surface area contributed by atoms with Crippen LogP contribution in [0.4, 0.5) is 5.69 Å². The van der Waals surface area contributed by atoms with Crippen LogP contribution >= 0.6 is 11.8 Å². The molecule has 2 atom stereocenters. The minimum Gasteiger partial charge on any atom is -0.352 e. The molecule has 0 unspecified atom stereocenters. The lowest BCUT2D eigenvalue weighted by Gasteiger charge is -2.29. The molecule has 0 bridgehead atoms. The second-order valence-corrected chi connectivity index (χ2v) is 8.85. The fraction of sp³-hybridized carbons (Fsp3) is 0.545. The van der Waals surface area contributed by atoms with Gasteiger partial charge in [-0.15, -0.1) is 10.2 Å². The lowest BCUT2D eigenvalue weighted by molar-refractivity contribution is -0.120. The third-order valence-electron chi connectivity index (χ3n) is 5.64. The summed E-state index contributed by atoms with van der Waals surface area (Å²) in [5, 5.41) is 15.2. The number of amides is 2. The van der Waals surface area contributed by atoms with Crippen LogP contribution in [0.1, 0.15) is 50.9 Å². The minimum atomic E-state index is -0.132. The number of hydrogen-bond acceptors (Lipinski definition) is 5. The predicted octanol–water partition coefficient (Wildman–Crippen LogP) is 3.57. The Bertz CT molecular complexity index is 882. The summed E-state index contributed by atoms with van der Waals surface area (Å²) in [4.78, 5) is 24.9. The number of anilines is 1. The number of benzene rings is 1. The number of aryl methyl sites for hydroxylation is 1. The van der Waals surface area contributed by atoms with Crippen molar-refractivity contribution in [1.29, 1.82) is 0 Å². The summed E-state index contributed by atoms with van der Waals surface area (Å²) in [5.74, 6) is 1.34. The van der Waals surface area contributed by atoms with Crippen LogP contribution in [0.25, 0.3) is 0 Å². The molecule has 8 heteroatoms. The lowest BCUT2D eigenvalue weighted by atomic mass is 9.86. The summed E-state index contributed by atoms with van der Waals surface area (Å²) in [6.45, 7) is 6.79. The smallest absolute Gasteiger partial charge is 0.232 e. The van der Waals surface area contributed by atoms with Crippen LogP contribution in [-0.2, 0) is 22.6 Å². The number of aromatic nitrogens is 3. The molecule has 1 saturated carbocycles. The van der Waals surface area contributed by atoms with Gasteiger partial charge < -0.3 is 15.2 Å². The molecule has 1 fully saturated rings. The van der Waals surface area contributed by atoms with E-state index in [1.54, 1.807) is 0 Å². The van der Waals surface area contributed by atoms with E-state index in [0.29, 0.717) is 29.2 Å². The zero-order chi connectivity index (χ0) is 21.5. The van der Waals surface area contributed by atoms with Crippen molar-refractivity contribution in [1.82, 2.24) is 20.1 Å². The third-order valence-corrected chi connectivity index (χ3v) is 6.60. The zero-order valence-electron chi connectivity index (χ0n) is 18.0. The first-order valence-corrected chi connectivity index (χ1v) is 11.7. The maximum Gasteiger partial charge on any atom is 0.232 e. The summed E-state index contributed by atoms with van der Waals surface area (Å²) >= 11 is 1.37. The van der Waals surface area contributed by atoms with Crippen molar-refractivity contribution in [2.45, 2.75) is 70.6 Å². The lowest BCUT2D eigenvalue weighted by Crippen LogP contribution is -2.41. The summed E-state index contributed by atoms with van der Waals surface area (Å²) in [7, 11) is 0. The van der Waals surface area contributed by atoms with Gasteiger partial charge in [0.1, 0.15) is 5.82 Å². The maximum atomic E-state index is 12.5. The van der Waals surface area contributed by atoms with Gasteiger partial charge >= 0.3 is 0 Å². The van der Waals surface area contributed by atoms with Crippen molar-refractivity contribution < 1.29 is 9.59 Å². The highest BCUT2D eigenvalue weighted by Crippen LogP contribution is 2.24. The molecular formula is C22H31N5O2S. The monoisotopic (exact) mass is 429 g/mol. The van der Waals surface area contributed by atoms with E-state index < -0.39 is 0 Å². The normalized spacial score (nSPS) is 18.8. The van der Waals surface area contributed by atoms with E-state index >= 15 is 0 Å². The number of carbonyl (C=O) groups excluding carboxylic acids is 2. The molecule has 0 saturated heterocycles. The summed E-state index contributed by atoms with van der Waals surface area (Å²) in [6.07, 6.45) is 4.81. The molecule has 162 valence electrons. The highest BCUT2D eigenvalue weighted by molar-refractivity contribution is 7.99. The van der Waals surface area contributed by atoms with E-state index in [4.69, 9.17) is 0 Å². The minimum absolute atomic E-state index is 0.0308. The number of nitrogens with one attached hydrogen (secondary N) is 2. The van der Waals surface area contributed by atoms with E-state index in [1.165, 1.54) is 31.0 Å². The molecule has 2 amide bonds. The number of hydrogen-bond donors (Lipinski definition) is 2. The van der Waals surface area contributed by atoms with Crippen molar-refractivity contribution in [3.8, 4) is 0 Å². The molecule has 0 aliphatic heterocycles. The van der Waals surface area contributed by atoms with Crippen molar-refractivity contribution in [2.24, 2.45) is 5.92 Å². The Kier molecular flexibility index (Phi) is 7.90. The second kappa shape index (κ2) is 10.6. The van der Waals surface area contributed by atoms with Crippen LogP contribution < -0.4 is 10.6 Å². The van der Waals surface area contributed by atoms with E-state index in [-0.39, 0.29) is 24.3 Å². The van der Waals surface area contributed by atoms with Gasteiger partial charge in [0.15, 0.2) is 5.16 Å². The maximum absolute atomic E-state index is 12.5. The average molecular weight is 430 g/mol. The molecule has 1 aliphatic carbocycles. The summed E-state index contributed by atoms with van der Waals surface area (Å²) < 4.78 is 1.90. The molecule has 2 aromatic rings. The molecule has 3 rings (SSSR count). The summed E-state index contributed by atoms with van der Waals surface area (Å²) in [5.41, 5.74) is 1.81. The van der Waals surface area contributed by atoms with Crippen LogP contribution in [0.15, 0.2) is 29.4 Å². The highest BCUT2D eigenvalue weighted by atomic mass is 32.2. The van der Waals surface area contributed by atoms with E-state index in [1.807, 2.05) is 42.7 Å². The van der Waals surface area contributed by atoms with Gasteiger partial charge in [0, 0.05) is 18.3 Å². The molecule has 1 aliphatic rings. The highest BCUT2D eigenvalue weighted by Gasteiger charge is 2.23. The molecular weight excluding hydrogens is 398 g/mol. The van der Waals surface area contributed by atoms with E-state index in [9.17, 15) is 9.59 Å². The third kappa shape index (κ3) is 5.84. The number of para-hydroxylation sites is 1. The number of rotatable bonds is 8. The van der Waals surface area contributed by atoms with Gasteiger partial charge in [0.05, 0.1) is 12.2 Å². The molecule has 1 heterocycles. The molecule has 30 heavy (non-hydrogen) atoms. The molecule has 1 aromatic carbocycles. The standard InChI is InChI=1S/C22H31N5O2S/c1-4-27-19(13-20(28)23-17-11-7-5-9-15(17)2)25-26-22(27)30-14-21(29)24-18-12-8-6-10-16(18)3/h5,7,9,11,16,18H,4,6,8,10,12-14H2,1-3H3,(H,23,28)(H,24,29)/t16-,18+/m0/s1. The van der Waals surface area contributed by atoms with E-state index in [2.05, 4.69) is 27.8 Å². The number of thioether (sulfide) groups is 1. The quantitative estimate of drug-likeness (QED) is 0.626. The van der Waals surface area contributed by atoms with Gasteiger partial charge in [-0.1, -0.05) is 49.7 Å². The van der Waals surface area contributed by atoms with Crippen molar-refractivity contribution in [3.63, 3.8) is 0 Å². The Morgan fingerprint density at radius 3 is 2.67 bits per heavy atom. The zero-order valence-corrected chi connectivity index (χ0v) is 18.8. The molecule has 1 aromatic heterocycles. The largest absolute Gasteiger partial charge is 0.352 e. The Hall–Kier alpha value is -2.35. The fourth-order valence-corrected chi connectivity index (χ4v) is 4.67. The van der Waals surface area contributed by atoms with Gasteiger partial charge in [0.25, 0.3) is 0 Å². The van der Waals surface area contributed by atoms with Gasteiger partial charge in [-0.3, -0.25) is 9.59 Å². The molecule has 0 spiro atoms. The van der Waals surface area contributed by atoms with Crippen molar-refractivity contribution in [3.05, 3.63) is 35.7 Å². The van der Waals surface area contributed by atoms with Crippen LogP contribution in [0.5, 0.6) is 0 Å². The Labute approximate surface area is 182 Å². The van der Waals surface area contributed by atoms with Gasteiger partial charge in [0.2, 0.25) is 11.8 Å². The van der Waals surface area contributed by atoms with Crippen LogP contribution in [-0.4, -0.2) is 38.4 Å². The van der Waals surface area contributed by atoms with E-state index in [0.717, 1.165) is 17.7 Å². The summed E-state index contributed by atoms with van der Waals surface area (Å²) in [6, 6.07) is 7.94. The van der Waals surface area contributed by atoms with Gasteiger partial charge in [-0.05, 0) is 44.2 Å². The number of carbonyl (C=O) groups is 2. The van der Waals surface area contributed by atoms with Crippen LogP contribution in [0.2, 0.25) is 0 Å². The first-order chi connectivity index (χ1) is 14.5. The van der Waals surface area contributed by atoms with Crippen LogP contribution in [0, 0.1) is 12.8 Å². The molecule has 0 radical (unpaired) electrons. The second-order valence-electron chi connectivity index (χ2n) is 7.91. The van der Waals surface area contributed by atoms with Crippen LogP contribution in [0.3, 0.4) is 0 Å². The predicted molar refractivity (Wildman–Crippen MR) is 119 cm³/mol. The van der Waals surface area contributed by atoms with Gasteiger partial charge in [-0.25, -0.2) is 0 Å². The van der Waals surface area contributed by atoms with Gasteiger partial charge in [-0.2, -0.15) is 0 Å². The first kappa shape index (κ1) is 22.3. The molecule has 7 nitrogen and oxygen atoms in total. The molecule has 2 N–H and O–H groups in total. The SMILES string of the molecule is CCn1c(CC(=O)Nc2ccccc2C)nnc1SCC(=O)N[C@@H]1CCCC[C@@H]1C. The van der Waals surface area contributed by atoms with Crippen molar-refractivity contribution >= 4 is 29.3 Å². The Morgan fingerprint density at radius 2 is 1.93 bits per heavy atom.